The number of benzene rings is 6. The molecule has 9 N–H and O–H groups in total. The van der Waals surface area contributed by atoms with Crippen molar-refractivity contribution >= 4 is 45.5 Å². The molecule has 344 valence electrons. The van der Waals surface area contributed by atoms with Crippen LogP contribution in [0.25, 0.3) is 22.3 Å². The summed E-state index contributed by atoms with van der Waals surface area (Å²) in [6.45, 7) is 0. The smallest absolute Gasteiger partial charge is 0.399 e. The van der Waals surface area contributed by atoms with Crippen molar-refractivity contribution in [2.24, 2.45) is 0 Å². The van der Waals surface area contributed by atoms with E-state index in [1.165, 1.54) is 29.6 Å². The number of hydrogen-bond donors (Lipinski definition) is 5. The summed E-state index contributed by atoms with van der Waals surface area (Å²) in [7, 11) is 0. The van der Waals surface area contributed by atoms with Gasteiger partial charge in [0, 0.05) is 28.3 Å². The van der Waals surface area contributed by atoms with Crippen molar-refractivity contribution in [2.75, 3.05) is 44.3 Å². The van der Waals surface area contributed by atoms with Gasteiger partial charge < -0.3 is 22.9 Å². The van der Waals surface area contributed by atoms with Crippen LogP contribution in [0.1, 0.15) is 0 Å². The summed E-state index contributed by atoms with van der Waals surface area (Å²) < 4.78 is 242. The molecular formula is C37H23F19N8. The van der Waals surface area contributed by atoms with Crippen LogP contribution < -0.4 is 44.3 Å². The molecule has 0 aliphatic heterocycles. The standard InChI is InChI=1S/C12H4F8N2.C12H8F4N2.C7H7F3N2.C6H4F4N2/c13-6-3(1-2-4(21)7(6)14)5-8(15)10(17)12(22(19)20)11(18)9(5)16;13-7-1-5(17)2-8(14)11(7)12-9(15)3-6(18)4-10(12)16;8-7(9,10)12-6-3-1-5(11)2-4-6;7-11(8)5-2-1-3-6(4-5)12(9)10/h1-2H,21H2;1-4H,17-18H2;1-4,12H,11H2;1-4H. The van der Waals surface area contributed by atoms with Crippen LogP contribution in [0.5, 0.6) is 0 Å². The van der Waals surface area contributed by atoms with Gasteiger partial charge in [-0.05, 0) is 94.9 Å². The first-order chi connectivity index (χ1) is 29.7. The third kappa shape index (κ3) is 12.7. The molecule has 0 saturated heterocycles. The average Bonchev–Trinajstić information content (AvgIpc) is 3.19. The summed E-state index contributed by atoms with van der Waals surface area (Å²) in [6.07, 6.45) is -4.39. The Bertz CT molecular complexity index is 2420. The minimum Gasteiger partial charge on any atom is -0.399 e. The summed E-state index contributed by atoms with van der Waals surface area (Å²) in [5, 5.41) is -3.29. The van der Waals surface area contributed by atoms with E-state index in [4.69, 9.17) is 22.9 Å². The average molecular weight is 941 g/mol. The molecule has 0 atom stereocenters. The fourth-order valence-electron chi connectivity index (χ4n) is 4.86. The molecule has 6 aromatic rings. The molecule has 27 heteroatoms. The Morgan fingerprint density at radius 1 is 0.406 bits per heavy atom. The summed E-state index contributed by atoms with van der Waals surface area (Å²) in [5.74, 6) is -17.7. The highest BCUT2D eigenvalue weighted by Gasteiger charge is 2.32. The molecule has 6 aromatic carbocycles. The lowest BCUT2D eigenvalue weighted by molar-refractivity contribution is -0.0999. The Morgan fingerprint density at radius 3 is 1.17 bits per heavy atom. The molecule has 0 aliphatic rings. The maximum Gasteiger partial charge on any atom is 0.482 e. The summed E-state index contributed by atoms with van der Waals surface area (Å²) in [5.41, 5.74) is 12.1. The van der Waals surface area contributed by atoms with E-state index in [9.17, 15) is 84.0 Å². The van der Waals surface area contributed by atoms with Crippen LogP contribution in [0.4, 0.5) is 129 Å². The molecule has 0 saturated carbocycles. The van der Waals surface area contributed by atoms with Crippen molar-refractivity contribution in [3.63, 3.8) is 0 Å². The van der Waals surface area contributed by atoms with Gasteiger partial charge in [0.1, 0.15) is 34.6 Å². The minimum atomic E-state index is -4.39. The van der Waals surface area contributed by atoms with Gasteiger partial charge in [0.05, 0.1) is 22.4 Å². The number of nitrogens with one attached hydrogen (secondary N) is 1. The van der Waals surface area contributed by atoms with Gasteiger partial charge in [-0.2, -0.15) is 13.2 Å². The molecule has 0 spiro atoms. The van der Waals surface area contributed by atoms with Crippen LogP contribution in [0, 0.1) is 58.2 Å². The fraction of sp³-hybridized carbons (Fsp3) is 0.0270. The van der Waals surface area contributed by atoms with E-state index in [0.29, 0.717) is 23.9 Å². The number of rotatable bonds is 6. The van der Waals surface area contributed by atoms with Gasteiger partial charge in [-0.25, -0.2) is 43.9 Å². The van der Waals surface area contributed by atoms with Crippen molar-refractivity contribution in [3.05, 3.63) is 143 Å². The van der Waals surface area contributed by atoms with Gasteiger partial charge in [-0.3, -0.25) is 5.32 Å². The van der Waals surface area contributed by atoms with Crippen LogP contribution >= 0.6 is 0 Å². The second-order valence-electron chi connectivity index (χ2n) is 12.0. The van der Waals surface area contributed by atoms with Crippen molar-refractivity contribution in [2.45, 2.75) is 6.30 Å². The Labute approximate surface area is 345 Å². The highest BCUT2D eigenvalue weighted by Crippen LogP contribution is 2.39. The van der Waals surface area contributed by atoms with E-state index in [1.54, 1.807) is 0 Å². The first-order valence-corrected chi connectivity index (χ1v) is 16.4. The van der Waals surface area contributed by atoms with Crippen LogP contribution in [-0.4, -0.2) is 6.30 Å². The lowest BCUT2D eigenvalue weighted by Crippen LogP contribution is -2.20. The molecule has 0 radical (unpaired) electrons. The predicted molar refractivity (Wildman–Crippen MR) is 198 cm³/mol. The SMILES string of the molecule is FN(F)c1cccc(N(F)F)c1.Nc1cc(F)c(-c2c(F)cc(N)cc2F)c(F)c1.Nc1ccc(-c2c(F)c(F)c(N(F)F)c(F)c2F)c(F)c1F.Nc1ccc(NC(F)(F)F)cc1. The molecule has 0 aliphatic carbocycles. The number of nitrogens with two attached hydrogens (primary N) is 4. The van der Waals surface area contributed by atoms with Gasteiger partial charge in [-0.1, -0.05) is 33.0 Å². The van der Waals surface area contributed by atoms with E-state index >= 15 is 0 Å². The molecule has 0 amide bonds. The number of hydrogen-bond acceptors (Lipinski definition) is 8. The van der Waals surface area contributed by atoms with E-state index in [0.717, 1.165) is 42.5 Å². The number of nitrogens with zero attached hydrogens (tertiary/aromatic N) is 3. The zero-order valence-corrected chi connectivity index (χ0v) is 30.9. The van der Waals surface area contributed by atoms with Crippen molar-refractivity contribution in [3.8, 4) is 22.3 Å². The number of anilines is 8. The van der Waals surface area contributed by atoms with Crippen molar-refractivity contribution < 1.29 is 84.0 Å². The maximum atomic E-state index is 13.7. The number of nitrogen functional groups attached to an aromatic ring is 4. The van der Waals surface area contributed by atoms with Crippen molar-refractivity contribution in [1.29, 1.82) is 0 Å². The van der Waals surface area contributed by atoms with Crippen molar-refractivity contribution in [1.82, 2.24) is 0 Å². The lowest BCUT2D eigenvalue weighted by atomic mass is 10.0. The van der Waals surface area contributed by atoms with Gasteiger partial charge in [-0.15, -0.1) is 0 Å². The summed E-state index contributed by atoms with van der Waals surface area (Å²) >= 11 is 0. The van der Waals surface area contributed by atoms with E-state index in [1.807, 2.05) is 0 Å². The normalized spacial score (nSPS) is 10.7. The highest BCUT2D eigenvalue weighted by molar-refractivity contribution is 5.72. The monoisotopic (exact) mass is 940 g/mol. The van der Waals surface area contributed by atoms with Gasteiger partial charge in [0.2, 0.25) is 0 Å². The fourth-order valence-corrected chi connectivity index (χ4v) is 4.86. The molecule has 64 heavy (non-hydrogen) atoms. The third-order valence-corrected chi connectivity index (χ3v) is 7.59. The molecular weight excluding hydrogens is 917 g/mol. The predicted octanol–water partition coefficient (Wildman–Crippen LogP) is 12.5. The van der Waals surface area contributed by atoms with Crippen LogP contribution in [0.2, 0.25) is 0 Å². The molecule has 8 nitrogen and oxygen atoms in total. The Balaban J connectivity index is 0.000000235. The number of halogens is 19. The van der Waals surface area contributed by atoms with Gasteiger partial charge in [0.15, 0.2) is 40.6 Å². The first kappa shape index (κ1) is 50.7. The largest absolute Gasteiger partial charge is 0.482 e. The maximum absolute atomic E-state index is 13.7. The molecule has 0 unspecified atom stereocenters. The first-order valence-electron chi connectivity index (χ1n) is 16.4. The van der Waals surface area contributed by atoms with Gasteiger partial charge >= 0.3 is 6.30 Å². The molecule has 6 rings (SSSR count). The lowest BCUT2D eigenvalue weighted by Gasteiger charge is -2.13. The van der Waals surface area contributed by atoms with Crippen LogP contribution in [-0.2, 0) is 0 Å². The molecule has 0 bridgehead atoms. The molecule has 0 aromatic heterocycles. The Morgan fingerprint density at radius 2 is 0.812 bits per heavy atom. The molecule has 0 fully saturated rings. The summed E-state index contributed by atoms with van der Waals surface area (Å²) in [4.78, 5) is 0. The van der Waals surface area contributed by atoms with E-state index in [-0.39, 0.29) is 17.1 Å². The van der Waals surface area contributed by atoms with Crippen LogP contribution in [0.15, 0.2) is 84.9 Å². The van der Waals surface area contributed by atoms with Crippen LogP contribution in [0.3, 0.4) is 0 Å². The zero-order valence-electron chi connectivity index (χ0n) is 30.9. The number of alkyl halides is 3. The third-order valence-electron chi connectivity index (χ3n) is 7.59. The topological polar surface area (TPSA) is 126 Å². The van der Waals surface area contributed by atoms with Gasteiger partial charge in [0.25, 0.3) is 0 Å². The minimum absolute atomic E-state index is 0.0169. The zero-order chi connectivity index (χ0) is 48.5. The summed E-state index contributed by atoms with van der Waals surface area (Å²) in [6, 6.07) is 13.5. The molecule has 0 heterocycles. The van der Waals surface area contributed by atoms with E-state index in [2.05, 4.69) is 0 Å². The Hall–Kier alpha value is -7.61. The van der Waals surface area contributed by atoms with E-state index < -0.39 is 126 Å². The highest BCUT2D eigenvalue weighted by atomic mass is 19.4. The second kappa shape index (κ2) is 21.0. The Kier molecular flexibility index (Phi) is 16.6. The quantitative estimate of drug-likeness (QED) is 0.0368. The second-order valence-corrected chi connectivity index (χ2v) is 12.0.